The van der Waals surface area contributed by atoms with Crippen LogP contribution >= 0.6 is 35.7 Å². The van der Waals surface area contributed by atoms with Crippen molar-refractivity contribution < 1.29 is 5.11 Å². The summed E-state index contributed by atoms with van der Waals surface area (Å²) < 4.78 is 0. The second kappa shape index (κ2) is 13.7. The number of hydrogen-bond acceptors (Lipinski definition) is 3. The lowest BCUT2D eigenvalue weighted by Crippen LogP contribution is -2.39. The molecule has 0 aromatic carbocycles. The van der Waals surface area contributed by atoms with Crippen LogP contribution in [0.2, 0.25) is 0 Å². The summed E-state index contributed by atoms with van der Waals surface area (Å²) >= 11 is 1.88. The van der Waals surface area contributed by atoms with Crippen LogP contribution in [-0.4, -0.2) is 49.3 Å². The molecule has 0 heterocycles. The average molecular weight is 443 g/mol. The summed E-state index contributed by atoms with van der Waals surface area (Å²) in [7, 11) is 0. The van der Waals surface area contributed by atoms with Crippen LogP contribution in [0.15, 0.2) is 4.99 Å². The number of rotatable bonds is 9. The molecule has 1 fully saturated rings. The van der Waals surface area contributed by atoms with Crippen molar-refractivity contribution in [2.75, 3.05) is 38.2 Å². The van der Waals surface area contributed by atoms with E-state index in [1.807, 2.05) is 11.8 Å². The first-order chi connectivity index (χ1) is 10.3. The highest BCUT2D eigenvalue weighted by Gasteiger charge is 2.31. The van der Waals surface area contributed by atoms with Gasteiger partial charge >= 0.3 is 0 Å². The average Bonchev–Trinajstić information content (AvgIpc) is 2.50. The van der Waals surface area contributed by atoms with Crippen molar-refractivity contribution >= 4 is 41.7 Å². The van der Waals surface area contributed by atoms with Crippen LogP contribution in [0.4, 0.5) is 0 Å². The Bertz CT molecular complexity index is 292. The van der Waals surface area contributed by atoms with Gasteiger partial charge in [0, 0.05) is 26.2 Å². The Kier molecular flexibility index (Phi) is 13.9. The molecule has 0 radical (unpaired) electrons. The van der Waals surface area contributed by atoms with E-state index in [1.54, 1.807) is 0 Å². The van der Waals surface area contributed by atoms with Crippen molar-refractivity contribution in [1.29, 1.82) is 0 Å². The van der Waals surface area contributed by atoms with E-state index in [2.05, 4.69) is 23.8 Å². The maximum Gasteiger partial charge on any atom is 0.191 e. The maximum atomic E-state index is 9.37. The molecule has 0 aromatic heterocycles. The number of guanidine groups is 1. The summed E-state index contributed by atoms with van der Waals surface area (Å²) in [5.74, 6) is 2.11. The Hall–Kier alpha value is 0.310. The van der Waals surface area contributed by atoms with Crippen LogP contribution < -0.4 is 10.6 Å². The molecule has 0 atom stereocenters. The first kappa shape index (κ1) is 22.3. The highest BCUT2D eigenvalue weighted by molar-refractivity contribution is 14.0. The van der Waals surface area contributed by atoms with Crippen molar-refractivity contribution in [2.45, 2.75) is 51.9 Å². The van der Waals surface area contributed by atoms with Crippen LogP contribution in [0.25, 0.3) is 0 Å². The molecular formula is C16H34IN3OS. The topological polar surface area (TPSA) is 56.7 Å². The van der Waals surface area contributed by atoms with E-state index in [4.69, 9.17) is 4.99 Å². The Morgan fingerprint density at radius 1 is 1.23 bits per heavy atom. The third kappa shape index (κ3) is 8.82. The quantitative estimate of drug-likeness (QED) is 0.222. The molecule has 22 heavy (non-hydrogen) atoms. The zero-order chi connectivity index (χ0) is 15.4. The number of nitrogens with zero attached hydrogens (tertiary/aromatic N) is 1. The summed E-state index contributed by atoms with van der Waals surface area (Å²) in [4.78, 5) is 4.80. The largest absolute Gasteiger partial charge is 0.396 e. The number of thioether (sulfide) groups is 1. The highest BCUT2D eigenvalue weighted by atomic mass is 127. The van der Waals surface area contributed by atoms with E-state index < -0.39 is 0 Å². The second-order valence-electron chi connectivity index (χ2n) is 6.00. The third-order valence-electron chi connectivity index (χ3n) is 4.29. The van der Waals surface area contributed by atoms with E-state index >= 15 is 0 Å². The molecule has 0 spiro atoms. The fourth-order valence-corrected chi connectivity index (χ4v) is 3.47. The summed E-state index contributed by atoms with van der Waals surface area (Å²) in [6.45, 7) is 5.09. The molecule has 1 aliphatic rings. The molecule has 6 heteroatoms. The summed E-state index contributed by atoms with van der Waals surface area (Å²) in [5, 5.41) is 16.1. The van der Waals surface area contributed by atoms with Gasteiger partial charge in [-0.1, -0.05) is 19.3 Å². The number of halogens is 1. The van der Waals surface area contributed by atoms with Gasteiger partial charge in [0.2, 0.25) is 0 Å². The minimum atomic E-state index is 0. The van der Waals surface area contributed by atoms with Gasteiger partial charge in [-0.25, -0.2) is 0 Å². The Morgan fingerprint density at radius 3 is 2.55 bits per heavy atom. The van der Waals surface area contributed by atoms with Crippen molar-refractivity contribution in [1.82, 2.24) is 10.6 Å². The first-order valence-corrected chi connectivity index (χ1v) is 9.78. The predicted octanol–water partition coefficient (Wildman–Crippen LogP) is 3.25. The number of aliphatic hydroxyl groups excluding tert-OH is 1. The van der Waals surface area contributed by atoms with Crippen LogP contribution in [0.1, 0.15) is 51.9 Å². The van der Waals surface area contributed by atoms with Gasteiger partial charge in [-0.05, 0) is 50.0 Å². The fraction of sp³-hybridized carbons (Fsp3) is 0.938. The van der Waals surface area contributed by atoms with Crippen molar-refractivity contribution in [3.05, 3.63) is 0 Å². The summed E-state index contributed by atoms with van der Waals surface area (Å²) in [6, 6.07) is 0. The normalized spacial score (nSPS) is 17.7. The second-order valence-corrected chi connectivity index (χ2v) is 6.99. The standard InChI is InChI=1S/C16H33N3OS.HI/c1-3-17-15(18-11-7-13-21-2)19-14-16(10-12-20)8-5-4-6-9-16;/h20H,3-14H2,1-2H3,(H2,17,18,19);1H. The van der Waals surface area contributed by atoms with Gasteiger partial charge in [-0.3, -0.25) is 4.99 Å². The van der Waals surface area contributed by atoms with Gasteiger partial charge in [0.15, 0.2) is 5.96 Å². The molecule has 0 amide bonds. The molecule has 0 aromatic rings. The summed E-state index contributed by atoms with van der Waals surface area (Å²) in [6.07, 6.45) is 10.5. The van der Waals surface area contributed by atoms with Crippen LogP contribution in [-0.2, 0) is 0 Å². The van der Waals surface area contributed by atoms with Crippen LogP contribution in [0.3, 0.4) is 0 Å². The Morgan fingerprint density at radius 2 is 1.95 bits per heavy atom. The lowest BCUT2D eigenvalue weighted by atomic mass is 9.72. The SMILES string of the molecule is CCNC(=NCC1(CCO)CCCCC1)NCCCSC.I. The number of aliphatic hydroxyl groups is 1. The first-order valence-electron chi connectivity index (χ1n) is 8.38. The van der Waals surface area contributed by atoms with Gasteiger partial charge in [0.25, 0.3) is 0 Å². The lowest BCUT2D eigenvalue weighted by Gasteiger charge is -2.35. The Balaban J connectivity index is 0.00000441. The molecular weight excluding hydrogens is 409 g/mol. The molecule has 1 rings (SSSR count). The molecule has 4 nitrogen and oxygen atoms in total. The van der Waals surface area contributed by atoms with Crippen LogP contribution in [0.5, 0.6) is 0 Å². The summed E-state index contributed by atoms with van der Waals surface area (Å²) in [5.41, 5.74) is 0.231. The minimum absolute atomic E-state index is 0. The number of aliphatic imine (C=N–C) groups is 1. The molecule has 3 N–H and O–H groups in total. The molecule has 0 unspecified atom stereocenters. The zero-order valence-corrected chi connectivity index (χ0v) is 17.3. The van der Waals surface area contributed by atoms with Crippen molar-refractivity contribution in [3.8, 4) is 0 Å². The van der Waals surface area contributed by atoms with Crippen molar-refractivity contribution in [2.24, 2.45) is 10.4 Å². The van der Waals surface area contributed by atoms with E-state index in [1.165, 1.54) is 37.9 Å². The lowest BCUT2D eigenvalue weighted by molar-refractivity contribution is 0.137. The smallest absolute Gasteiger partial charge is 0.191 e. The molecule has 0 aliphatic heterocycles. The zero-order valence-electron chi connectivity index (χ0n) is 14.2. The van der Waals surface area contributed by atoms with E-state index in [0.29, 0.717) is 0 Å². The van der Waals surface area contributed by atoms with Crippen LogP contribution in [0, 0.1) is 5.41 Å². The Labute approximate surface area is 157 Å². The molecule has 0 saturated heterocycles. The maximum absolute atomic E-state index is 9.37. The van der Waals surface area contributed by atoms with Gasteiger partial charge in [0.1, 0.15) is 0 Å². The van der Waals surface area contributed by atoms with Gasteiger partial charge in [-0.15, -0.1) is 24.0 Å². The molecule has 132 valence electrons. The molecule has 1 aliphatic carbocycles. The van der Waals surface area contributed by atoms with Gasteiger partial charge in [0.05, 0.1) is 0 Å². The monoisotopic (exact) mass is 443 g/mol. The highest BCUT2D eigenvalue weighted by Crippen LogP contribution is 2.39. The van der Waals surface area contributed by atoms with Gasteiger partial charge in [-0.2, -0.15) is 11.8 Å². The third-order valence-corrected chi connectivity index (χ3v) is 4.99. The van der Waals surface area contributed by atoms with E-state index in [9.17, 15) is 5.11 Å². The molecule has 0 bridgehead atoms. The van der Waals surface area contributed by atoms with E-state index in [0.717, 1.165) is 38.4 Å². The van der Waals surface area contributed by atoms with Crippen molar-refractivity contribution in [3.63, 3.8) is 0 Å². The number of nitrogens with one attached hydrogen (secondary N) is 2. The predicted molar refractivity (Wildman–Crippen MR) is 110 cm³/mol. The number of hydrogen-bond donors (Lipinski definition) is 3. The minimum Gasteiger partial charge on any atom is -0.396 e. The molecule has 1 saturated carbocycles. The van der Waals surface area contributed by atoms with E-state index in [-0.39, 0.29) is 36.0 Å². The fourth-order valence-electron chi connectivity index (χ4n) is 3.04. The van der Waals surface area contributed by atoms with Gasteiger partial charge < -0.3 is 15.7 Å².